The Labute approximate surface area is 149 Å². The van der Waals surface area contributed by atoms with Gasteiger partial charge in [-0.05, 0) is 50.1 Å². The number of carbonyl (C=O) groups excluding carboxylic acids is 1. The molecule has 0 aliphatic rings. The summed E-state index contributed by atoms with van der Waals surface area (Å²) in [5.41, 5.74) is 2.82. The Kier molecular flexibility index (Phi) is 5.92. The lowest BCUT2D eigenvalue weighted by atomic mass is 10.1. The predicted molar refractivity (Wildman–Crippen MR) is 98.0 cm³/mol. The highest BCUT2D eigenvalue weighted by atomic mass is 32.2. The molecule has 7 heteroatoms. The smallest absolute Gasteiger partial charge is 0.244 e. The van der Waals surface area contributed by atoms with Crippen molar-refractivity contribution in [3.63, 3.8) is 0 Å². The second-order valence-electron chi connectivity index (χ2n) is 5.88. The highest BCUT2D eigenvalue weighted by Gasteiger charge is 2.26. The number of pyridine rings is 1. The van der Waals surface area contributed by atoms with Crippen molar-refractivity contribution in [1.82, 2.24) is 9.29 Å². The lowest BCUT2D eigenvalue weighted by Crippen LogP contribution is -2.41. The summed E-state index contributed by atoms with van der Waals surface area (Å²) in [5, 5.41) is 0. The summed E-state index contributed by atoms with van der Waals surface area (Å²) in [4.78, 5) is 18.2. The number of aryl methyl sites for hydroxylation is 2. The van der Waals surface area contributed by atoms with E-state index in [9.17, 15) is 13.2 Å². The zero-order chi connectivity index (χ0) is 18.6. The van der Waals surface area contributed by atoms with E-state index in [0.717, 1.165) is 21.1 Å². The van der Waals surface area contributed by atoms with Gasteiger partial charge in [-0.2, -0.15) is 4.31 Å². The summed E-state index contributed by atoms with van der Waals surface area (Å²) in [6.45, 7) is 5.98. The molecule has 1 aromatic carbocycles. The van der Waals surface area contributed by atoms with Gasteiger partial charge in [0.05, 0.1) is 6.54 Å². The summed E-state index contributed by atoms with van der Waals surface area (Å²) in [6, 6.07) is 8.89. The number of aromatic nitrogens is 1. The van der Waals surface area contributed by atoms with E-state index in [0.29, 0.717) is 6.54 Å². The number of hydrogen-bond donors (Lipinski definition) is 0. The number of carbonyl (C=O) groups is 1. The van der Waals surface area contributed by atoms with E-state index in [1.165, 1.54) is 25.5 Å². The summed E-state index contributed by atoms with van der Waals surface area (Å²) in [6.07, 6.45) is 2.78. The van der Waals surface area contributed by atoms with Gasteiger partial charge < -0.3 is 4.90 Å². The molecule has 0 spiro atoms. The van der Waals surface area contributed by atoms with Crippen LogP contribution in [0.25, 0.3) is 0 Å². The Morgan fingerprint density at radius 3 is 2.52 bits per heavy atom. The third-order valence-corrected chi connectivity index (χ3v) is 5.76. The van der Waals surface area contributed by atoms with Gasteiger partial charge in [0.15, 0.2) is 0 Å². The molecule has 1 heterocycles. The molecule has 0 N–H and O–H groups in total. The molecule has 0 unspecified atom stereocenters. The topological polar surface area (TPSA) is 70.6 Å². The monoisotopic (exact) mass is 361 g/mol. The van der Waals surface area contributed by atoms with Gasteiger partial charge in [-0.15, -0.1) is 0 Å². The van der Waals surface area contributed by atoms with Crippen LogP contribution in [-0.4, -0.2) is 43.8 Å². The van der Waals surface area contributed by atoms with E-state index in [4.69, 9.17) is 0 Å². The van der Waals surface area contributed by atoms with Gasteiger partial charge in [0.1, 0.15) is 4.90 Å². The molecule has 134 valence electrons. The molecule has 0 saturated heterocycles. The second-order valence-corrected chi connectivity index (χ2v) is 7.92. The SMILES string of the molecule is CCN(C(=O)CN(C)S(=O)(=O)c1cccnc1)c1cc(C)ccc1C. The molecule has 0 fully saturated rings. The van der Waals surface area contributed by atoms with Crippen molar-refractivity contribution in [2.45, 2.75) is 25.7 Å². The van der Waals surface area contributed by atoms with E-state index in [1.54, 1.807) is 11.0 Å². The first-order valence-corrected chi connectivity index (χ1v) is 9.45. The predicted octanol–water partition coefficient (Wildman–Crippen LogP) is 2.37. The summed E-state index contributed by atoms with van der Waals surface area (Å²) < 4.78 is 26.2. The maximum Gasteiger partial charge on any atom is 0.244 e. The number of hydrogen-bond acceptors (Lipinski definition) is 4. The Balaban J connectivity index is 2.23. The lowest BCUT2D eigenvalue weighted by Gasteiger charge is -2.26. The average Bonchev–Trinajstić information content (AvgIpc) is 2.59. The van der Waals surface area contributed by atoms with E-state index in [1.807, 2.05) is 39.0 Å². The highest BCUT2D eigenvalue weighted by molar-refractivity contribution is 7.89. The van der Waals surface area contributed by atoms with Gasteiger partial charge in [0, 0.05) is 31.7 Å². The van der Waals surface area contributed by atoms with Crippen LogP contribution in [0.3, 0.4) is 0 Å². The molecular formula is C18H23N3O3S. The lowest BCUT2D eigenvalue weighted by molar-refractivity contribution is -0.118. The van der Waals surface area contributed by atoms with E-state index < -0.39 is 10.0 Å². The minimum Gasteiger partial charge on any atom is -0.311 e. The van der Waals surface area contributed by atoms with Crippen LogP contribution in [0.1, 0.15) is 18.1 Å². The molecule has 2 aromatic rings. The van der Waals surface area contributed by atoms with Gasteiger partial charge in [-0.1, -0.05) is 12.1 Å². The normalized spacial score (nSPS) is 11.6. The Morgan fingerprint density at radius 1 is 1.20 bits per heavy atom. The largest absolute Gasteiger partial charge is 0.311 e. The van der Waals surface area contributed by atoms with Crippen molar-refractivity contribution >= 4 is 21.6 Å². The van der Waals surface area contributed by atoms with Crippen LogP contribution in [-0.2, 0) is 14.8 Å². The minimum absolute atomic E-state index is 0.0695. The maximum atomic E-state index is 12.7. The first kappa shape index (κ1) is 19.1. The molecule has 2 rings (SSSR count). The van der Waals surface area contributed by atoms with Crippen molar-refractivity contribution in [3.8, 4) is 0 Å². The van der Waals surface area contributed by atoms with Gasteiger partial charge in [0.2, 0.25) is 15.9 Å². The van der Waals surface area contributed by atoms with Crippen LogP contribution in [0, 0.1) is 13.8 Å². The quantitative estimate of drug-likeness (QED) is 0.792. The number of likely N-dealkylation sites (N-methyl/N-ethyl adjacent to an activating group) is 2. The van der Waals surface area contributed by atoms with E-state index >= 15 is 0 Å². The highest BCUT2D eigenvalue weighted by Crippen LogP contribution is 2.22. The Morgan fingerprint density at radius 2 is 1.92 bits per heavy atom. The van der Waals surface area contributed by atoms with Crippen LogP contribution in [0.5, 0.6) is 0 Å². The molecule has 1 aromatic heterocycles. The fraction of sp³-hybridized carbons (Fsp3) is 0.333. The van der Waals surface area contributed by atoms with Crippen LogP contribution in [0.2, 0.25) is 0 Å². The summed E-state index contributed by atoms with van der Waals surface area (Å²) in [5.74, 6) is -0.272. The molecule has 0 radical (unpaired) electrons. The number of sulfonamides is 1. The van der Waals surface area contributed by atoms with Crippen LogP contribution in [0.4, 0.5) is 5.69 Å². The minimum atomic E-state index is -3.75. The first-order chi connectivity index (χ1) is 11.8. The zero-order valence-corrected chi connectivity index (χ0v) is 15.7. The van der Waals surface area contributed by atoms with Gasteiger partial charge >= 0.3 is 0 Å². The van der Waals surface area contributed by atoms with E-state index in [2.05, 4.69) is 4.98 Å². The third-order valence-electron chi connectivity index (χ3n) is 3.97. The molecule has 6 nitrogen and oxygen atoms in total. The maximum absolute atomic E-state index is 12.7. The fourth-order valence-corrected chi connectivity index (χ4v) is 3.62. The molecule has 0 aliphatic carbocycles. The van der Waals surface area contributed by atoms with Crippen molar-refractivity contribution in [2.24, 2.45) is 0 Å². The number of amides is 1. The van der Waals surface area contributed by atoms with Crippen molar-refractivity contribution < 1.29 is 13.2 Å². The molecule has 25 heavy (non-hydrogen) atoms. The fourth-order valence-electron chi connectivity index (χ4n) is 2.53. The Hall–Kier alpha value is -2.25. The molecular weight excluding hydrogens is 338 g/mol. The van der Waals surface area contributed by atoms with Crippen LogP contribution in [0.15, 0.2) is 47.6 Å². The van der Waals surface area contributed by atoms with E-state index in [-0.39, 0.29) is 17.3 Å². The van der Waals surface area contributed by atoms with Crippen molar-refractivity contribution in [1.29, 1.82) is 0 Å². The molecule has 1 amide bonds. The number of benzene rings is 1. The molecule has 0 saturated carbocycles. The van der Waals surface area contributed by atoms with Crippen LogP contribution < -0.4 is 4.90 Å². The second kappa shape index (κ2) is 7.76. The number of rotatable bonds is 6. The average molecular weight is 361 g/mol. The number of anilines is 1. The number of nitrogens with zero attached hydrogens (tertiary/aromatic N) is 3. The van der Waals surface area contributed by atoms with Gasteiger partial charge in [0.25, 0.3) is 0 Å². The van der Waals surface area contributed by atoms with Gasteiger partial charge in [-0.25, -0.2) is 8.42 Å². The molecule has 0 bridgehead atoms. The zero-order valence-electron chi connectivity index (χ0n) is 14.9. The Bertz CT molecular complexity index is 851. The first-order valence-electron chi connectivity index (χ1n) is 8.01. The third kappa shape index (κ3) is 4.24. The molecule has 0 aliphatic heterocycles. The van der Waals surface area contributed by atoms with Crippen LogP contribution >= 0.6 is 0 Å². The van der Waals surface area contributed by atoms with Crippen molar-refractivity contribution in [3.05, 3.63) is 53.9 Å². The molecule has 0 atom stereocenters. The summed E-state index contributed by atoms with van der Waals surface area (Å²) >= 11 is 0. The van der Waals surface area contributed by atoms with Gasteiger partial charge in [-0.3, -0.25) is 9.78 Å². The standard InChI is InChI=1S/C18H23N3O3S/c1-5-21(17-11-14(2)8-9-15(17)3)18(22)13-20(4)25(23,24)16-7-6-10-19-12-16/h6-12H,5,13H2,1-4H3. The summed E-state index contributed by atoms with van der Waals surface area (Å²) in [7, 11) is -2.35. The van der Waals surface area contributed by atoms with Crippen molar-refractivity contribution in [2.75, 3.05) is 25.0 Å².